The summed E-state index contributed by atoms with van der Waals surface area (Å²) in [4.78, 5) is 8.50. The Labute approximate surface area is 100 Å². The van der Waals surface area contributed by atoms with Crippen LogP contribution in [0, 0.1) is 0 Å². The molecule has 0 aliphatic heterocycles. The van der Waals surface area contributed by atoms with Crippen LogP contribution >= 0.6 is 11.6 Å². The van der Waals surface area contributed by atoms with E-state index in [0.717, 1.165) is 24.4 Å². The fraction of sp³-hybridized carbons (Fsp3) is 0.333. The van der Waals surface area contributed by atoms with Crippen molar-refractivity contribution < 1.29 is 0 Å². The maximum atomic E-state index is 5.83. The fourth-order valence-electron chi connectivity index (χ4n) is 1.70. The van der Waals surface area contributed by atoms with Crippen LogP contribution < -0.4 is 0 Å². The number of alkyl halides is 1. The molecule has 0 atom stereocenters. The largest absolute Gasteiger partial charge is 0.327 e. The van der Waals surface area contributed by atoms with Crippen LogP contribution in [0.2, 0.25) is 0 Å². The molecule has 2 rings (SSSR count). The second kappa shape index (κ2) is 5.12. The zero-order valence-corrected chi connectivity index (χ0v) is 9.98. The summed E-state index contributed by atoms with van der Waals surface area (Å²) in [5.41, 5.74) is 3.39. The van der Waals surface area contributed by atoms with Gasteiger partial charge in [-0.2, -0.15) is 0 Å². The Bertz CT molecular complexity index is 465. The van der Waals surface area contributed by atoms with Gasteiger partial charge in [0.05, 0.1) is 30.1 Å². The third kappa shape index (κ3) is 2.25. The Hall–Kier alpha value is -1.35. The molecule has 0 bridgehead atoms. The molecule has 84 valence electrons. The van der Waals surface area contributed by atoms with Gasteiger partial charge in [0.1, 0.15) is 0 Å². The van der Waals surface area contributed by atoms with Crippen LogP contribution in [0.4, 0.5) is 0 Å². The molecule has 2 aromatic heterocycles. The van der Waals surface area contributed by atoms with Crippen LogP contribution in [-0.2, 0) is 18.8 Å². The molecule has 0 amide bonds. The lowest BCUT2D eigenvalue weighted by Crippen LogP contribution is -2.06. The van der Waals surface area contributed by atoms with E-state index in [2.05, 4.69) is 23.0 Å². The first-order chi connectivity index (χ1) is 7.85. The third-order valence-corrected chi connectivity index (χ3v) is 2.89. The van der Waals surface area contributed by atoms with Crippen molar-refractivity contribution in [2.24, 2.45) is 0 Å². The molecular weight excluding hydrogens is 222 g/mol. The highest BCUT2D eigenvalue weighted by Crippen LogP contribution is 2.11. The van der Waals surface area contributed by atoms with Gasteiger partial charge in [-0.15, -0.1) is 11.6 Å². The number of aryl methyl sites for hydroxylation is 1. The van der Waals surface area contributed by atoms with Gasteiger partial charge in [-0.3, -0.25) is 4.98 Å². The van der Waals surface area contributed by atoms with E-state index in [-0.39, 0.29) is 0 Å². The number of rotatable bonds is 4. The summed E-state index contributed by atoms with van der Waals surface area (Å²) in [5, 5.41) is 0. The smallest absolute Gasteiger partial charge is 0.0952 e. The first-order valence-corrected chi connectivity index (χ1v) is 5.86. The van der Waals surface area contributed by atoms with Crippen molar-refractivity contribution in [3.8, 4) is 0 Å². The Morgan fingerprint density at radius 3 is 3.06 bits per heavy atom. The summed E-state index contributed by atoms with van der Waals surface area (Å²) in [5.74, 6) is 0.480. The Balaban J connectivity index is 2.26. The Kier molecular flexibility index (Phi) is 3.57. The van der Waals surface area contributed by atoms with Gasteiger partial charge in [0.25, 0.3) is 0 Å². The van der Waals surface area contributed by atoms with Crippen molar-refractivity contribution in [2.75, 3.05) is 0 Å². The molecule has 0 saturated heterocycles. The summed E-state index contributed by atoms with van der Waals surface area (Å²) in [7, 11) is 0. The molecule has 0 aliphatic carbocycles. The normalized spacial score (nSPS) is 10.6. The average molecular weight is 236 g/mol. The number of hydrogen-bond acceptors (Lipinski definition) is 2. The lowest BCUT2D eigenvalue weighted by Gasteiger charge is -2.09. The summed E-state index contributed by atoms with van der Waals surface area (Å²) in [6.45, 7) is 2.88. The molecule has 0 saturated carbocycles. The second-order valence-corrected chi connectivity index (χ2v) is 3.88. The van der Waals surface area contributed by atoms with E-state index >= 15 is 0 Å². The standard InChI is InChI=1S/C12H14ClN3/c1-2-10-4-3-5-15-12(10)8-16-9-14-7-11(16)6-13/h3-5,7,9H,2,6,8H2,1H3. The molecule has 2 aromatic rings. The van der Waals surface area contributed by atoms with Crippen LogP contribution in [-0.4, -0.2) is 14.5 Å². The van der Waals surface area contributed by atoms with E-state index in [9.17, 15) is 0 Å². The molecule has 0 fully saturated rings. The van der Waals surface area contributed by atoms with Crippen LogP contribution in [0.25, 0.3) is 0 Å². The molecule has 2 heterocycles. The number of hydrogen-bond donors (Lipinski definition) is 0. The Morgan fingerprint density at radius 1 is 1.44 bits per heavy atom. The van der Waals surface area contributed by atoms with Crippen LogP contribution in [0.3, 0.4) is 0 Å². The number of nitrogens with zero attached hydrogens (tertiary/aromatic N) is 3. The number of halogens is 1. The monoisotopic (exact) mass is 235 g/mol. The van der Waals surface area contributed by atoms with Gasteiger partial charge in [0.2, 0.25) is 0 Å². The summed E-state index contributed by atoms with van der Waals surface area (Å²) in [6.07, 6.45) is 6.41. The second-order valence-electron chi connectivity index (χ2n) is 3.61. The number of aromatic nitrogens is 3. The van der Waals surface area contributed by atoms with Gasteiger partial charge in [-0.1, -0.05) is 13.0 Å². The highest BCUT2D eigenvalue weighted by atomic mass is 35.5. The Morgan fingerprint density at radius 2 is 2.31 bits per heavy atom. The predicted molar refractivity (Wildman–Crippen MR) is 64.5 cm³/mol. The number of imidazole rings is 1. The maximum Gasteiger partial charge on any atom is 0.0952 e. The van der Waals surface area contributed by atoms with Gasteiger partial charge >= 0.3 is 0 Å². The van der Waals surface area contributed by atoms with Crippen molar-refractivity contribution in [1.29, 1.82) is 0 Å². The first-order valence-electron chi connectivity index (χ1n) is 5.33. The number of pyridine rings is 1. The quantitative estimate of drug-likeness (QED) is 0.763. The van der Waals surface area contributed by atoms with Crippen molar-refractivity contribution in [3.05, 3.63) is 47.8 Å². The predicted octanol–water partition coefficient (Wildman–Crippen LogP) is 2.63. The lowest BCUT2D eigenvalue weighted by molar-refractivity contribution is 0.734. The minimum atomic E-state index is 0.480. The zero-order valence-electron chi connectivity index (χ0n) is 9.23. The van der Waals surface area contributed by atoms with Crippen molar-refractivity contribution in [1.82, 2.24) is 14.5 Å². The van der Waals surface area contributed by atoms with Crippen LogP contribution in [0.15, 0.2) is 30.9 Å². The molecule has 0 radical (unpaired) electrons. The maximum absolute atomic E-state index is 5.83. The van der Waals surface area contributed by atoms with Gasteiger partial charge in [0, 0.05) is 12.4 Å². The van der Waals surface area contributed by atoms with Crippen molar-refractivity contribution in [2.45, 2.75) is 25.8 Å². The summed E-state index contributed by atoms with van der Waals surface area (Å²) < 4.78 is 2.04. The summed E-state index contributed by atoms with van der Waals surface area (Å²) >= 11 is 5.83. The highest BCUT2D eigenvalue weighted by molar-refractivity contribution is 6.16. The van der Waals surface area contributed by atoms with Gasteiger partial charge in [0.15, 0.2) is 0 Å². The minimum absolute atomic E-state index is 0.480. The van der Waals surface area contributed by atoms with Crippen molar-refractivity contribution >= 4 is 11.6 Å². The van der Waals surface area contributed by atoms with E-state index in [4.69, 9.17) is 11.6 Å². The molecular formula is C12H14ClN3. The first kappa shape index (κ1) is 11.1. The molecule has 16 heavy (non-hydrogen) atoms. The van der Waals surface area contributed by atoms with Crippen LogP contribution in [0.1, 0.15) is 23.9 Å². The van der Waals surface area contributed by atoms with Crippen LogP contribution in [0.5, 0.6) is 0 Å². The van der Waals surface area contributed by atoms with E-state index < -0.39 is 0 Å². The van der Waals surface area contributed by atoms with Gasteiger partial charge < -0.3 is 4.57 Å². The molecule has 0 spiro atoms. The van der Waals surface area contributed by atoms with E-state index in [1.165, 1.54) is 5.56 Å². The summed E-state index contributed by atoms with van der Waals surface area (Å²) in [6, 6.07) is 4.08. The zero-order chi connectivity index (χ0) is 11.4. The minimum Gasteiger partial charge on any atom is -0.327 e. The van der Waals surface area contributed by atoms with Crippen molar-refractivity contribution in [3.63, 3.8) is 0 Å². The average Bonchev–Trinajstić information content (AvgIpc) is 2.77. The highest BCUT2D eigenvalue weighted by Gasteiger charge is 2.05. The molecule has 4 heteroatoms. The molecule has 3 nitrogen and oxygen atoms in total. The molecule has 0 unspecified atom stereocenters. The van der Waals surface area contributed by atoms with Gasteiger partial charge in [-0.05, 0) is 18.1 Å². The van der Waals surface area contributed by atoms with E-state index in [1.54, 1.807) is 12.5 Å². The fourth-order valence-corrected chi connectivity index (χ4v) is 1.92. The topological polar surface area (TPSA) is 30.7 Å². The SMILES string of the molecule is CCc1cccnc1Cn1cncc1CCl. The molecule has 0 N–H and O–H groups in total. The van der Waals surface area contributed by atoms with E-state index in [0.29, 0.717) is 5.88 Å². The lowest BCUT2D eigenvalue weighted by atomic mass is 10.1. The van der Waals surface area contributed by atoms with E-state index in [1.807, 2.05) is 16.8 Å². The molecule has 0 aromatic carbocycles. The molecule has 0 aliphatic rings. The third-order valence-electron chi connectivity index (χ3n) is 2.62. The van der Waals surface area contributed by atoms with Gasteiger partial charge in [-0.25, -0.2) is 4.98 Å².